The van der Waals surface area contributed by atoms with Crippen molar-refractivity contribution in [2.45, 2.75) is 13.5 Å². The maximum atomic E-state index is 6.68. The molecule has 0 fully saturated rings. The molecule has 0 atom stereocenters. The topological polar surface area (TPSA) is 21.6 Å². The van der Waals surface area contributed by atoms with Crippen LogP contribution in [-0.2, 0) is 6.61 Å². The molecule has 51 heavy (non-hydrogen) atoms. The Hall–Kier alpha value is -6.51. The van der Waals surface area contributed by atoms with E-state index < -0.39 is 0 Å². The van der Waals surface area contributed by atoms with Gasteiger partial charge in [0.1, 0.15) is 18.0 Å². The Morgan fingerprint density at radius 2 is 1.22 bits per heavy atom. The SMILES string of the molecule is C=C/C(=C\C)c1ccc2ccc(-c3ccc(COc4cc(-c5cccc6ccccc56)cc(-c5cccc6ccccc56)c4N=C)cc3)cc2c1. The molecule has 0 radical (unpaired) electrons. The first-order valence-electron chi connectivity index (χ1n) is 17.3. The quantitative estimate of drug-likeness (QED) is 0.112. The molecule has 0 aromatic heterocycles. The fourth-order valence-corrected chi connectivity index (χ4v) is 7.14. The lowest BCUT2D eigenvalue weighted by Gasteiger charge is -2.18. The molecule has 8 rings (SSSR count). The van der Waals surface area contributed by atoms with Crippen LogP contribution in [0.5, 0.6) is 5.75 Å². The lowest BCUT2D eigenvalue weighted by atomic mass is 9.91. The Bertz CT molecular complexity index is 2620. The fraction of sp³-hybridized carbons (Fsp3) is 0.0408. The Balaban J connectivity index is 1.16. The van der Waals surface area contributed by atoms with Crippen LogP contribution in [-0.4, -0.2) is 6.72 Å². The molecule has 8 aromatic rings. The Kier molecular flexibility index (Phi) is 8.57. The van der Waals surface area contributed by atoms with E-state index in [2.05, 4.69) is 182 Å². The summed E-state index contributed by atoms with van der Waals surface area (Å²) in [5, 5.41) is 7.14. The number of allylic oxidation sites excluding steroid dienone is 3. The maximum absolute atomic E-state index is 6.68. The van der Waals surface area contributed by atoms with Gasteiger partial charge >= 0.3 is 0 Å². The molecule has 0 unspecified atom stereocenters. The minimum atomic E-state index is 0.394. The molecule has 0 bridgehead atoms. The first-order chi connectivity index (χ1) is 25.1. The third-order valence-corrected chi connectivity index (χ3v) is 9.80. The number of nitrogens with zero attached hydrogens (tertiary/aromatic N) is 1. The van der Waals surface area contributed by atoms with E-state index in [0.717, 1.165) is 50.0 Å². The van der Waals surface area contributed by atoms with E-state index >= 15 is 0 Å². The third-order valence-electron chi connectivity index (χ3n) is 9.80. The van der Waals surface area contributed by atoms with E-state index in [1.165, 1.54) is 38.1 Å². The van der Waals surface area contributed by atoms with E-state index in [0.29, 0.717) is 12.4 Å². The lowest BCUT2D eigenvalue weighted by Crippen LogP contribution is -1.98. The van der Waals surface area contributed by atoms with E-state index in [1.807, 2.05) is 13.0 Å². The van der Waals surface area contributed by atoms with Gasteiger partial charge in [-0.3, -0.25) is 4.99 Å². The van der Waals surface area contributed by atoms with Crippen LogP contribution in [0.4, 0.5) is 5.69 Å². The van der Waals surface area contributed by atoms with Gasteiger partial charge in [-0.15, -0.1) is 0 Å². The second-order valence-electron chi connectivity index (χ2n) is 12.8. The van der Waals surface area contributed by atoms with E-state index in [1.54, 1.807) is 0 Å². The third kappa shape index (κ3) is 6.13. The molecular formula is C49H37NO. The molecule has 0 saturated carbocycles. The van der Waals surface area contributed by atoms with Crippen molar-refractivity contribution in [3.05, 3.63) is 188 Å². The zero-order valence-electron chi connectivity index (χ0n) is 28.6. The first kappa shape index (κ1) is 31.7. The minimum absolute atomic E-state index is 0.394. The van der Waals surface area contributed by atoms with Gasteiger partial charge in [0.25, 0.3) is 0 Å². The van der Waals surface area contributed by atoms with Gasteiger partial charge in [0.2, 0.25) is 0 Å². The molecule has 0 aliphatic heterocycles. The average molecular weight is 656 g/mol. The van der Waals surface area contributed by atoms with Crippen molar-refractivity contribution in [3.63, 3.8) is 0 Å². The summed E-state index contributed by atoms with van der Waals surface area (Å²) in [6, 6.07) is 56.0. The Morgan fingerprint density at radius 3 is 1.92 bits per heavy atom. The van der Waals surface area contributed by atoms with Crippen molar-refractivity contribution in [3.8, 4) is 39.1 Å². The number of aliphatic imine (C=N–C) groups is 1. The second kappa shape index (κ2) is 13.8. The summed E-state index contributed by atoms with van der Waals surface area (Å²) in [6.07, 6.45) is 4.00. The summed E-state index contributed by atoms with van der Waals surface area (Å²) in [5.74, 6) is 0.702. The van der Waals surface area contributed by atoms with Crippen LogP contribution in [0.3, 0.4) is 0 Å². The van der Waals surface area contributed by atoms with Crippen molar-refractivity contribution in [1.82, 2.24) is 0 Å². The van der Waals surface area contributed by atoms with Crippen LogP contribution in [0, 0.1) is 0 Å². The van der Waals surface area contributed by atoms with Gasteiger partial charge in [0, 0.05) is 5.56 Å². The first-order valence-corrected chi connectivity index (χ1v) is 17.3. The molecule has 0 heterocycles. The molecule has 244 valence electrons. The van der Waals surface area contributed by atoms with Crippen LogP contribution in [0.2, 0.25) is 0 Å². The number of rotatable bonds is 9. The van der Waals surface area contributed by atoms with E-state index in [9.17, 15) is 0 Å². The highest BCUT2D eigenvalue weighted by atomic mass is 16.5. The molecule has 0 amide bonds. The fourth-order valence-electron chi connectivity index (χ4n) is 7.14. The summed E-state index contributed by atoms with van der Waals surface area (Å²) < 4.78 is 6.68. The highest BCUT2D eigenvalue weighted by Crippen LogP contribution is 2.45. The van der Waals surface area contributed by atoms with Crippen molar-refractivity contribution in [1.29, 1.82) is 0 Å². The smallest absolute Gasteiger partial charge is 0.146 e. The normalized spacial score (nSPS) is 11.6. The zero-order chi connectivity index (χ0) is 34.7. The van der Waals surface area contributed by atoms with Crippen LogP contribution in [0.1, 0.15) is 18.1 Å². The average Bonchev–Trinajstić information content (AvgIpc) is 3.19. The van der Waals surface area contributed by atoms with Gasteiger partial charge in [0.05, 0.1) is 0 Å². The number of benzene rings is 8. The van der Waals surface area contributed by atoms with E-state index in [-0.39, 0.29) is 0 Å². The summed E-state index contributed by atoms with van der Waals surface area (Å²) in [4.78, 5) is 4.59. The Morgan fingerprint density at radius 1 is 0.569 bits per heavy atom. The highest BCUT2D eigenvalue weighted by molar-refractivity contribution is 6.03. The second-order valence-corrected chi connectivity index (χ2v) is 12.8. The van der Waals surface area contributed by atoms with Gasteiger partial charge in [-0.25, -0.2) is 0 Å². The van der Waals surface area contributed by atoms with Gasteiger partial charge in [-0.05, 0) is 115 Å². The van der Waals surface area contributed by atoms with Gasteiger partial charge in [-0.1, -0.05) is 152 Å². The summed E-state index contributed by atoms with van der Waals surface area (Å²) in [7, 11) is 0. The van der Waals surface area contributed by atoms with Crippen LogP contribution in [0.15, 0.2) is 181 Å². The largest absolute Gasteiger partial charge is 0.487 e. The number of ether oxygens (including phenoxy) is 1. The van der Waals surface area contributed by atoms with Crippen molar-refractivity contribution in [2.75, 3.05) is 0 Å². The summed E-state index contributed by atoms with van der Waals surface area (Å²) in [5.41, 5.74) is 10.8. The van der Waals surface area contributed by atoms with Crippen LogP contribution < -0.4 is 4.74 Å². The molecule has 0 N–H and O–H groups in total. The molecule has 0 aliphatic rings. The van der Waals surface area contributed by atoms with Crippen molar-refractivity contribution >= 4 is 50.3 Å². The molecule has 2 heteroatoms. The molecule has 0 spiro atoms. The zero-order valence-corrected chi connectivity index (χ0v) is 28.6. The molecule has 8 aromatic carbocycles. The monoisotopic (exact) mass is 655 g/mol. The predicted molar refractivity (Wildman–Crippen MR) is 219 cm³/mol. The lowest BCUT2D eigenvalue weighted by molar-refractivity contribution is 0.308. The van der Waals surface area contributed by atoms with Gasteiger partial charge in [0.15, 0.2) is 0 Å². The summed E-state index contributed by atoms with van der Waals surface area (Å²) in [6.45, 7) is 10.4. The number of hydrogen-bond donors (Lipinski definition) is 0. The van der Waals surface area contributed by atoms with Crippen LogP contribution >= 0.6 is 0 Å². The van der Waals surface area contributed by atoms with Crippen molar-refractivity contribution in [2.24, 2.45) is 4.99 Å². The predicted octanol–water partition coefficient (Wildman–Crippen LogP) is 13.6. The van der Waals surface area contributed by atoms with Gasteiger partial charge in [-0.2, -0.15) is 0 Å². The minimum Gasteiger partial charge on any atom is -0.487 e. The molecule has 2 nitrogen and oxygen atoms in total. The highest BCUT2D eigenvalue weighted by Gasteiger charge is 2.17. The molecule has 0 saturated heterocycles. The maximum Gasteiger partial charge on any atom is 0.146 e. The molecule has 0 aliphatic carbocycles. The number of hydrogen-bond acceptors (Lipinski definition) is 2. The van der Waals surface area contributed by atoms with Crippen molar-refractivity contribution < 1.29 is 4.74 Å². The standard InChI is InChI=1S/C49H37NO/c1-4-34(5-2)39-26-24-36-25-27-40(29-41(36)28-39)35-22-20-33(21-23-35)32-51-48-31-42(45-18-10-14-37-12-6-8-16-43(37)45)30-47(49(48)50-3)46-19-11-15-38-13-7-9-17-44(38)46/h4-31H,1,3,32H2,2H3/b34-5+. The van der Waals surface area contributed by atoms with E-state index in [4.69, 9.17) is 4.74 Å². The number of fused-ring (bicyclic) bond motifs is 3. The van der Waals surface area contributed by atoms with Crippen LogP contribution in [0.25, 0.3) is 71.3 Å². The Labute approximate surface area is 299 Å². The summed E-state index contributed by atoms with van der Waals surface area (Å²) >= 11 is 0. The van der Waals surface area contributed by atoms with Gasteiger partial charge < -0.3 is 4.74 Å². The molecular weight excluding hydrogens is 619 g/mol.